The standard InChI is InChI=1S/C17H23FN4O/c1-2-16-19-17(23-20-16)13-22-9-3-8-21(10-11-22)12-14-4-6-15(18)7-5-14/h4-7H,2-3,8-13H2,1H3. The van der Waals surface area contributed by atoms with Crippen LogP contribution in [0.15, 0.2) is 28.8 Å². The number of aryl methyl sites for hydroxylation is 1. The number of benzene rings is 1. The monoisotopic (exact) mass is 318 g/mol. The minimum absolute atomic E-state index is 0.179. The van der Waals surface area contributed by atoms with Crippen LogP contribution in [0, 0.1) is 5.82 Å². The Morgan fingerprint density at radius 3 is 2.39 bits per heavy atom. The van der Waals surface area contributed by atoms with E-state index in [4.69, 9.17) is 4.52 Å². The lowest BCUT2D eigenvalue weighted by Crippen LogP contribution is -2.30. The molecule has 2 heterocycles. The maximum atomic E-state index is 13.0. The third-order valence-corrected chi connectivity index (χ3v) is 4.19. The molecule has 1 fully saturated rings. The van der Waals surface area contributed by atoms with Gasteiger partial charge < -0.3 is 4.52 Å². The minimum Gasteiger partial charge on any atom is -0.338 e. The van der Waals surface area contributed by atoms with Gasteiger partial charge in [-0.2, -0.15) is 4.98 Å². The summed E-state index contributed by atoms with van der Waals surface area (Å²) in [5.41, 5.74) is 1.16. The molecule has 23 heavy (non-hydrogen) atoms. The van der Waals surface area contributed by atoms with Crippen molar-refractivity contribution in [1.29, 1.82) is 0 Å². The van der Waals surface area contributed by atoms with Crippen LogP contribution in [0.3, 0.4) is 0 Å². The van der Waals surface area contributed by atoms with Crippen LogP contribution >= 0.6 is 0 Å². The molecule has 6 heteroatoms. The predicted octanol–water partition coefficient (Wildman–Crippen LogP) is 2.48. The zero-order valence-corrected chi connectivity index (χ0v) is 13.5. The predicted molar refractivity (Wildman–Crippen MR) is 85.2 cm³/mol. The van der Waals surface area contributed by atoms with Gasteiger partial charge >= 0.3 is 0 Å². The SMILES string of the molecule is CCc1noc(CN2CCCN(Cc3ccc(F)cc3)CC2)n1. The van der Waals surface area contributed by atoms with E-state index in [1.165, 1.54) is 12.1 Å². The maximum absolute atomic E-state index is 13.0. The molecule has 0 saturated carbocycles. The van der Waals surface area contributed by atoms with Crippen molar-refractivity contribution in [2.75, 3.05) is 26.2 Å². The van der Waals surface area contributed by atoms with Crippen LogP contribution in [0.1, 0.15) is 30.6 Å². The lowest BCUT2D eigenvalue weighted by Gasteiger charge is -2.20. The van der Waals surface area contributed by atoms with Gasteiger partial charge in [-0.1, -0.05) is 24.2 Å². The van der Waals surface area contributed by atoms with Gasteiger partial charge in [0.15, 0.2) is 5.82 Å². The molecular formula is C17H23FN4O. The highest BCUT2D eigenvalue weighted by molar-refractivity contribution is 5.15. The Morgan fingerprint density at radius 1 is 1.04 bits per heavy atom. The van der Waals surface area contributed by atoms with Gasteiger partial charge in [0.25, 0.3) is 0 Å². The van der Waals surface area contributed by atoms with Gasteiger partial charge in [-0.3, -0.25) is 9.80 Å². The molecule has 1 aromatic heterocycles. The summed E-state index contributed by atoms with van der Waals surface area (Å²) >= 11 is 0. The normalized spacial score (nSPS) is 17.3. The lowest BCUT2D eigenvalue weighted by atomic mass is 10.2. The van der Waals surface area contributed by atoms with E-state index in [-0.39, 0.29) is 5.82 Å². The van der Waals surface area contributed by atoms with Gasteiger partial charge in [-0.05, 0) is 37.2 Å². The molecule has 1 saturated heterocycles. The van der Waals surface area contributed by atoms with E-state index in [9.17, 15) is 4.39 Å². The zero-order valence-electron chi connectivity index (χ0n) is 13.5. The molecule has 5 nitrogen and oxygen atoms in total. The molecule has 0 spiro atoms. The van der Waals surface area contributed by atoms with Gasteiger partial charge in [0.2, 0.25) is 5.89 Å². The van der Waals surface area contributed by atoms with Crippen LogP contribution in [0.4, 0.5) is 4.39 Å². The molecule has 1 aromatic carbocycles. The molecule has 0 aliphatic carbocycles. The summed E-state index contributed by atoms with van der Waals surface area (Å²) < 4.78 is 18.3. The van der Waals surface area contributed by atoms with E-state index < -0.39 is 0 Å². The van der Waals surface area contributed by atoms with Gasteiger partial charge in [0.05, 0.1) is 6.54 Å². The molecule has 0 atom stereocenters. The highest BCUT2D eigenvalue weighted by atomic mass is 19.1. The second-order valence-electron chi connectivity index (χ2n) is 5.99. The largest absolute Gasteiger partial charge is 0.338 e. The Bertz CT molecular complexity index is 613. The van der Waals surface area contributed by atoms with Crippen LogP contribution in [0.25, 0.3) is 0 Å². The third kappa shape index (κ3) is 4.59. The summed E-state index contributed by atoms with van der Waals surface area (Å²) in [5, 5.41) is 3.95. The summed E-state index contributed by atoms with van der Waals surface area (Å²) in [7, 11) is 0. The van der Waals surface area contributed by atoms with E-state index in [1.54, 1.807) is 0 Å². The Morgan fingerprint density at radius 2 is 1.74 bits per heavy atom. The molecule has 0 radical (unpaired) electrons. The van der Waals surface area contributed by atoms with E-state index in [2.05, 4.69) is 19.9 Å². The van der Waals surface area contributed by atoms with Crippen LogP contribution in [0.5, 0.6) is 0 Å². The lowest BCUT2D eigenvalue weighted by molar-refractivity contribution is 0.222. The second-order valence-corrected chi connectivity index (χ2v) is 5.99. The highest BCUT2D eigenvalue weighted by Gasteiger charge is 2.17. The fourth-order valence-corrected chi connectivity index (χ4v) is 2.88. The second kappa shape index (κ2) is 7.66. The zero-order chi connectivity index (χ0) is 16.1. The number of aromatic nitrogens is 2. The van der Waals surface area contributed by atoms with Gasteiger partial charge in [-0.25, -0.2) is 4.39 Å². The van der Waals surface area contributed by atoms with Crippen LogP contribution in [0.2, 0.25) is 0 Å². The summed E-state index contributed by atoms with van der Waals surface area (Å²) in [5.74, 6) is 1.29. The number of halogens is 1. The van der Waals surface area contributed by atoms with E-state index in [0.29, 0.717) is 5.89 Å². The van der Waals surface area contributed by atoms with E-state index >= 15 is 0 Å². The Balaban J connectivity index is 1.51. The highest BCUT2D eigenvalue weighted by Crippen LogP contribution is 2.12. The summed E-state index contributed by atoms with van der Waals surface area (Å²) in [6, 6.07) is 6.78. The summed E-state index contributed by atoms with van der Waals surface area (Å²) in [6.45, 7) is 7.67. The fourth-order valence-electron chi connectivity index (χ4n) is 2.88. The van der Waals surface area contributed by atoms with Crippen molar-refractivity contribution in [3.05, 3.63) is 47.4 Å². The van der Waals surface area contributed by atoms with E-state index in [1.807, 2.05) is 19.1 Å². The first-order valence-electron chi connectivity index (χ1n) is 8.23. The van der Waals surface area contributed by atoms with Crippen molar-refractivity contribution in [2.24, 2.45) is 0 Å². The molecule has 1 aliphatic rings. The molecule has 0 amide bonds. The average molecular weight is 318 g/mol. The number of hydrogen-bond donors (Lipinski definition) is 0. The van der Waals surface area contributed by atoms with Gasteiger partial charge in [0.1, 0.15) is 5.82 Å². The molecular weight excluding hydrogens is 295 g/mol. The first-order valence-corrected chi connectivity index (χ1v) is 8.23. The van der Waals surface area contributed by atoms with Crippen LogP contribution in [-0.4, -0.2) is 46.1 Å². The smallest absolute Gasteiger partial charge is 0.240 e. The molecule has 3 rings (SSSR count). The van der Waals surface area contributed by atoms with Crippen molar-refractivity contribution in [3.8, 4) is 0 Å². The average Bonchev–Trinajstić information content (AvgIpc) is 2.90. The van der Waals surface area contributed by atoms with Gasteiger partial charge in [-0.15, -0.1) is 0 Å². The van der Waals surface area contributed by atoms with Crippen LogP contribution < -0.4 is 0 Å². The fraction of sp³-hybridized carbons (Fsp3) is 0.529. The van der Waals surface area contributed by atoms with Crippen molar-refractivity contribution in [2.45, 2.75) is 32.9 Å². The number of nitrogens with zero attached hydrogens (tertiary/aromatic N) is 4. The van der Waals surface area contributed by atoms with Crippen LogP contribution in [-0.2, 0) is 19.5 Å². The Kier molecular flexibility index (Phi) is 5.35. The Labute approximate surface area is 136 Å². The number of rotatable bonds is 5. The van der Waals surface area contributed by atoms with Gasteiger partial charge in [0, 0.05) is 26.1 Å². The Hall–Kier alpha value is -1.79. The van der Waals surface area contributed by atoms with Crippen molar-refractivity contribution in [1.82, 2.24) is 19.9 Å². The molecule has 0 bridgehead atoms. The molecule has 0 unspecified atom stereocenters. The van der Waals surface area contributed by atoms with Crippen molar-refractivity contribution < 1.29 is 8.91 Å². The minimum atomic E-state index is -0.179. The molecule has 1 aliphatic heterocycles. The summed E-state index contributed by atoms with van der Waals surface area (Å²) in [4.78, 5) is 9.15. The topological polar surface area (TPSA) is 45.4 Å². The third-order valence-electron chi connectivity index (χ3n) is 4.19. The first-order chi connectivity index (χ1) is 11.2. The van der Waals surface area contributed by atoms with Crippen molar-refractivity contribution >= 4 is 0 Å². The first kappa shape index (κ1) is 16.1. The molecule has 124 valence electrons. The van der Waals surface area contributed by atoms with Crippen molar-refractivity contribution in [3.63, 3.8) is 0 Å². The molecule has 2 aromatic rings. The van der Waals surface area contributed by atoms with E-state index in [0.717, 1.165) is 63.5 Å². The maximum Gasteiger partial charge on any atom is 0.240 e. The quantitative estimate of drug-likeness (QED) is 0.847. The molecule has 0 N–H and O–H groups in total. The number of hydrogen-bond acceptors (Lipinski definition) is 5. The summed E-state index contributed by atoms with van der Waals surface area (Å²) in [6.07, 6.45) is 1.91.